The van der Waals surface area contributed by atoms with Crippen LogP contribution in [-0.4, -0.2) is 27.8 Å². The van der Waals surface area contributed by atoms with Crippen molar-refractivity contribution in [1.82, 2.24) is 0 Å². The summed E-state index contributed by atoms with van der Waals surface area (Å²) in [5, 5.41) is 18.6. The van der Waals surface area contributed by atoms with Crippen molar-refractivity contribution in [1.29, 1.82) is 0 Å². The molecule has 0 radical (unpaired) electrons. The van der Waals surface area contributed by atoms with Gasteiger partial charge >= 0.3 is 5.97 Å². The quantitative estimate of drug-likeness (QED) is 0.555. The molecule has 5 heteroatoms. The van der Waals surface area contributed by atoms with E-state index in [0.717, 1.165) is 0 Å². The van der Waals surface area contributed by atoms with Gasteiger partial charge < -0.3 is 20.7 Å². The highest BCUT2D eigenvalue weighted by Gasteiger charge is 2.31. The number of benzene rings is 1. The Balaban J connectivity index is 2.81. The molecule has 0 saturated heterocycles. The van der Waals surface area contributed by atoms with Gasteiger partial charge in [0.25, 0.3) is 0 Å². The molecule has 0 heterocycles. The molecule has 0 aromatic heterocycles. The van der Waals surface area contributed by atoms with E-state index >= 15 is 0 Å². The van der Waals surface area contributed by atoms with E-state index in [1.807, 2.05) is 0 Å². The first-order valence-electron chi connectivity index (χ1n) is 5.73. The number of nitrogens with two attached hydrogens (primary N) is 1. The van der Waals surface area contributed by atoms with Crippen LogP contribution >= 0.6 is 0 Å². The van der Waals surface area contributed by atoms with Crippen LogP contribution in [0.5, 0.6) is 11.5 Å². The third-order valence-electron chi connectivity index (χ3n) is 2.42. The number of ether oxygens (including phenoxy) is 1. The predicted molar refractivity (Wildman–Crippen MR) is 67.3 cm³/mol. The summed E-state index contributed by atoms with van der Waals surface area (Å²) in [6, 6.07) is 4.33. The van der Waals surface area contributed by atoms with Gasteiger partial charge in [-0.3, -0.25) is 4.79 Å². The first-order valence-corrected chi connectivity index (χ1v) is 5.73. The third kappa shape index (κ3) is 3.63. The monoisotopic (exact) mass is 253 g/mol. The van der Waals surface area contributed by atoms with Crippen LogP contribution in [0.1, 0.15) is 26.3 Å². The van der Waals surface area contributed by atoms with Gasteiger partial charge in [0.2, 0.25) is 0 Å². The van der Waals surface area contributed by atoms with E-state index in [-0.39, 0.29) is 24.0 Å². The van der Waals surface area contributed by atoms with E-state index in [1.165, 1.54) is 12.1 Å². The van der Waals surface area contributed by atoms with Crippen molar-refractivity contribution >= 4 is 5.97 Å². The summed E-state index contributed by atoms with van der Waals surface area (Å²) in [5.41, 5.74) is 5.39. The number of hydrogen-bond acceptors (Lipinski definition) is 5. The van der Waals surface area contributed by atoms with Gasteiger partial charge in [-0.2, -0.15) is 0 Å². The molecule has 0 saturated carbocycles. The molecule has 1 aromatic rings. The number of rotatable bonds is 4. The molecule has 5 nitrogen and oxygen atoms in total. The number of hydrogen-bond donors (Lipinski definition) is 3. The molecule has 1 aromatic carbocycles. The van der Waals surface area contributed by atoms with Gasteiger partial charge in [0.05, 0.1) is 6.10 Å². The molecule has 4 N–H and O–H groups in total. The molecule has 1 unspecified atom stereocenters. The number of phenolic OH excluding ortho intramolecular Hbond substituents is 2. The largest absolute Gasteiger partial charge is 0.504 e. The third-order valence-corrected chi connectivity index (χ3v) is 2.42. The maximum absolute atomic E-state index is 11.8. The SMILES string of the molecule is CC(C)OC(=O)C(C)(N)Cc1ccc(O)c(O)c1. The lowest BCUT2D eigenvalue weighted by atomic mass is 9.94. The zero-order valence-electron chi connectivity index (χ0n) is 10.8. The molecular formula is C13H19NO4. The van der Waals surface area contributed by atoms with Crippen molar-refractivity contribution in [2.24, 2.45) is 5.73 Å². The number of phenols is 2. The minimum absolute atomic E-state index is 0.206. The van der Waals surface area contributed by atoms with Crippen molar-refractivity contribution < 1.29 is 19.7 Å². The highest BCUT2D eigenvalue weighted by molar-refractivity contribution is 5.80. The van der Waals surface area contributed by atoms with Gasteiger partial charge in [0, 0.05) is 6.42 Å². The van der Waals surface area contributed by atoms with Crippen LogP contribution in [0.15, 0.2) is 18.2 Å². The second kappa shape index (κ2) is 5.27. The van der Waals surface area contributed by atoms with E-state index in [1.54, 1.807) is 26.8 Å². The molecule has 1 atom stereocenters. The van der Waals surface area contributed by atoms with Crippen molar-refractivity contribution in [3.8, 4) is 11.5 Å². The van der Waals surface area contributed by atoms with Gasteiger partial charge in [0.15, 0.2) is 11.5 Å². The first kappa shape index (κ1) is 14.3. The summed E-state index contributed by atoms with van der Waals surface area (Å²) in [7, 11) is 0. The smallest absolute Gasteiger partial charge is 0.326 e. The maximum Gasteiger partial charge on any atom is 0.326 e. The second-order valence-electron chi connectivity index (χ2n) is 4.87. The van der Waals surface area contributed by atoms with Gasteiger partial charge in [0.1, 0.15) is 5.54 Å². The minimum Gasteiger partial charge on any atom is -0.504 e. The molecule has 0 aliphatic carbocycles. The number of carbonyl (C=O) groups excluding carboxylic acids is 1. The molecular weight excluding hydrogens is 234 g/mol. The lowest BCUT2D eigenvalue weighted by Gasteiger charge is -2.24. The Hall–Kier alpha value is -1.75. The Morgan fingerprint density at radius 3 is 2.50 bits per heavy atom. The highest BCUT2D eigenvalue weighted by Crippen LogP contribution is 2.26. The maximum atomic E-state index is 11.8. The molecule has 0 bridgehead atoms. The summed E-state index contributed by atoms with van der Waals surface area (Å²) in [5.74, 6) is -0.937. The summed E-state index contributed by atoms with van der Waals surface area (Å²) < 4.78 is 5.07. The summed E-state index contributed by atoms with van der Waals surface area (Å²) in [4.78, 5) is 11.8. The normalized spacial score (nSPS) is 14.3. The highest BCUT2D eigenvalue weighted by atomic mass is 16.5. The average molecular weight is 253 g/mol. The molecule has 0 spiro atoms. The molecule has 0 aliphatic heterocycles. The Bertz CT molecular complexity index is 441. The first-order chi connectivity index (χ1) is 8.22. The number of aromatic hydroxyl groups is 2. The number of carbonyl (C=O) groups is 1. The lowest BCUT2D eigenvalue weighted by molar-refractivity contribution is -0.153. The van der Waals surface area contributed by atoms with E-state index < -0.39 is 11.5 Å². The molecule has 18 heavy (non-hydrogen) atoms. The van der Waals surface area contributed by atoms with E-state index in [2.05, 4.69) is 0 Å². The van der Waals surface area contributed by atoms with Crippen molar-refractivity contribution in [2.75, 3.05) is 0 Å². The minimum atomic E-state index is -1.17. The van der Waals surface area contributed by atoms with Crippen molar-refractivity contribution in [3.63, 3.8) is 0 Å². The molecule has 100 valence electrons. The Kier molecular flexibility index (Phi) is 4.19. The fourth-order valence-electron chi connectivity index (χ4n) is 1.52. The fraction of sp³-hybridized carbons (Fsp3) is 0.462. The standard InChI is InChI=1S/C13H19NO4/c1-8(2)18-12(17)13(3,14)7-9-4-5-10(15)11(16)6-9/h4-6,8,15-16H,7,14H2,1-3H3. The zero-order chi connectivity index (χ0) is 13.9. The predicted octanol–water partition coefficient (Wildman–Crippen LogP) is 1.31. The van der Waals surface area contributed by atoms with Gasteiger partial charge in [-0.25, -0.2) is 0 Å². The molecule has 0 fully saturated rings. The Labute approximate surface area is 106 Å². The fourth-order valence-corrected chi connectivity index (χ4v) is 1.52. The van der Waals surface area contributed by atoms with Crippen LogP contribution in [0.2, 0.25) is 0 Å². The van der Waals surface area contributed by atoms with Gasteiger partial charge in [-0.1, -0.05) is 6.07 Å². The zero-order valence-corrected chi connectivity index (χ0v) is 10.8. The second-order valence-corrected chi connectivity index (χ2v) is 4.87. The van der Waals surface area contributed by atoms with E-state index in [9.17, 15) is 15.0 Å². The topological polar surface area (TPSA) is 92.8 Å². The van der Waals surface area contributed by atoms with Crippen molar-refractivity contribution in [3.05, 3.63) is 23.8 Å². The van der Waals surface area contributed by atoms with Crippen LogP contribution in [0.25, 0.3) is 0 Å². The number of esters is 1. The van der Waals surface area contributed by atoms with Gasteiger partial charge in [-0.05, 0) is 38.5 Å². The summed E-state index contributed by atoms with van der Waals surface area (Å²) >= 11 is 0. The Morgan fingerprint density at radius 2 is 2.00 bits per heavy atom. The molecule has 0 aliphatic rings. The van der Waals surface area contributed by atoms with E-state index in [4.69, 9.17) is 10.5 Å². The van der Waals surface area contributed by atoms with Crippen LogP contribution in [-0.2, 0) is 16.0 Å². The van der Waals surface area contributed by atoms with Gasteiger partial charge in [-0.15, -0.1) is 0 Å². The summed E-state index contributed by atoms with van der Waals surface area (Å²) in [6.07, 6.45) is -0.0135. The van der Waals surface area contributed by atoms with Crippen LogP contribution < -0.4 is 5.73 Å². The molecule has 0 amide bonds. The summed E-state index contributed by atoms with van der Waals surface area (Å²) in [6.45, 7) is 5.07. The van der Waals surface area contributed by atoms with Crippen LogP contribution in [0.4, 0.5) is 0 Å². The van der Waals surface area contributed by atoms with Crippen molar-refractivity contribution in [2.45, 2.75) is 38.8 Å². The molecule has 1 rings (SSSR count). The van der Waals surface area contributed by atoms with Crippen LogP contribution in [0.3, 0.4) is 0 Å². The Morgan fingerprint density at radius 1 is 1.39 bits per heavy atom. The van der Waals surface area contributed by atoms with E-state index in [0.29, 0.717) is 5.56 Å². The van der Waals surface area contributed by atoms with Crippen LogP contribution in [0, 0.1) is 0 Å². The average Bonchev–Trinajstić information content (AvgIpc) is 2.22. The lowest BCUT2D eigenvalue weighted by Crippen LogP contribution is -2.48.